The van der Waals surface area contributed by atoms with Crippen LogP contribution in [0.1, 0.15) is 27.6 Å². The van der Waals surface area contributed by atoms with Crippen LogP contribution in [0.25, 0.3) is 66.8 Å². The maximum Gasteiger partial charge on any atom is 1.00 e. The first-order chi connectivity index (χ1) is 37.7. The SMILES string of the molecule is CCOC(=O)c1c(-c2ccc(F)cc2)oc2cc(N(C)C(=O)CN(C)c3ccccc3)c(-c3ccccc3)cc12.CN(CC(=O)N(C)c1cc2oc(-c3ccc(F)cc3)c(C(=O)O)c2cc1-c1ccccc1)c1ccccc1.[Li+].[OH-]. The average Bonchev–Trinajstić information content (AvgIpc) is 4.05. The van der Waals surface area contributed by atoms with E-state index in [1.165, 1.54) is 36.4 Å². The van der Waals surface area contributed by atoms with E-state index in [-0.39, 0.29) is 78.5 Å². The number of benzene rings is 8. The number of carboxylic acid groups (broad SMARTS) is 1. The van der Waals surface area contributed by atoms with Gasteiger partial charge in [-0.25, -0.2) is 18.4 Å². The van der Waals surface area contributed by atoms with Crippen molar-refractivity contribution in [2.45, 2.75) is 6.92 Å². The standard InChI is InChI=1S/C33H29FN2O4.C31H25FN2O4.Li.H2O/c1-4-39-33(38)31-27-19-26(22-11-7-5-8-12-22)28(20-29(27)40-32(31)23-15-17-24(34)18-16-23)36(3)30(37)21-35(2)25-13-9-6-10-14-25;1-33(23-11-7-4-8-12-23)19-28(35)34(2)26-18-27-25(17-24(26)20-9-5-3-6-10-20)29(31(36)37)30(38-27)21-13-15-22(32)16-14-21;;/h5-20H,4,21H2,1-3H3;3-18H,19H2,1-2H3,(H,36,37);;1H2/q;;+1;/p-1. The maximum absolute atomic E-state index is 13.7. The summed E-state index contributed by atoms with van der Waals surface area (Å²) in [5.41, 5.74) is 8.11. The molecule has 8 aromatic carbocycles. The first-order valence-electron chi connectivity index (χ1n) is 25.0. The van der Waals surface area contributed by atoms with Gasteiger partial charge in [-0.3, -0.25) is 9.59 Å². The molecule has 2 aromatic heterocycles. The third-order valence-electron chi connectivity index (χ3n) is 13.3. The summed E-state index contributed by atoms with van der Waals surface area (Å²) in [5.74, 6) is -2.41. The quantitative estimate of drug-likeness (QED) is 0.0767. The molecule has 2 N–H and O–H groups in total. The summed E-state index contributed by atoms with van der Waals surface area (Å²) in [6.07, 6.45) is 0. The van der Waals surface area contributed by atoms with Crippen LogP contribution in [0.2, 0.25) is 0 Å². The van der Waals surface area contributed by atoms with Crippen LogP contribution < -0.4 is 38.5 Å². The largest absolute Gasteiger partial charge is 1.00 e. The number of likely N-dealkylation sites (N-methyl/N-ethyl adjacent to an activating group) is 4. The summed E-state index contributed by atoms with van der Waals surface area (Å²) >= 11 is 0. The van der Waals surface area contributed by atoms with Gasteiger partial charge < -0.3 is 43.8 Å². The van der Waals surface area contributed by atoms with Gasteiger partial charge in [0.2, 0.25) is 11.8 Å². The van der Waals surface area contributed by atoms with Crippen LogP contribution >= 0.6 is 0 Å². The second-order valence-electron chi connectivity index (χ2n) is 18.4. The molecule has 2 heterocycles. The fourth-order valence-electron chi connectivity index (χ4n) is 9.18. The molecule has 400 valence electrons. The fraction of sp³-hybridized carbons (Fsp3) is 0.125. The number of hydrogen-bond acceptors (Lipinski definition) is 10. The van der Waals surface area contributed by atoms with E-state index in [1.54, 1.807) is 61.2 Å². The Bertz CT molecular complexity index is 3770. The number of aromatic carboxylic acids is 1. The molecule has 0 saturated carbocycles. The van der Waals surface area contributed by atoms with Crippen molar-refractivity contribution in [2.75, 3.05) is 67.5 Å². The number of hydrogen-bond donors (Lipinski definition) is 1. The Morgan fingerprint density at radius 2 is 0.838 bits per heavy atom. The van der Waals surface area contributed by atoms with Gasteiger partial charge in [-0.1, -0.05) is 97.1 Å². The minimum Gasteiger partial charge on any atom is -0.870 e. The second-order valence-corrected chi connectivity index (χ2v) is 18.4. The molecular weight excluding hydrogens is 1010 g/mol. The smallest absolute Gasteiger partial charge is 0.870 e. The first kappa shape index (κ1) is 58.4. The molecule has 80 heavy (non-hydrogen) atoms. The summed E-state index contributed by atoms with van der Waals surface area (Å²) in [4.78, 5) is 59.4. The molecule has 0 aliphatic rings. The number of anilines is 4. The number of furan rings is 2. The summed E-state index contributed by atoms with van der Waals surface area (Å²) in [7, 11) is 7.14. The van der Waals surface area contributed by atoms with E-state index in [4.69, 9.17) is 13.6 Å². The predicted molar refractivity (Wildman–Crippen MR) is 305 cm³/mol. The van der Waals surface area contributed by atoms with E-state index in [2.05, 4.69) is 0 Å². The molecule has 0 saturated heterocycles. The van der Waals surface area contributed by atoms with E-state index in [0.29, 0.717) is 50.0 Å². The first-order valence-corrected chi connectivity index (χ1v) is 25.0. The number of esters is 1. The van der Waals surface area contributed by atoms with Crippen LogP contribution in [0.4, 0.5) is 31.5 Å². The predicted octanol–water partition coefficient (Wildman–Crippen LogP) is 10.7. The van der Waals surface area contributed by atoms with Gasteiger partial charge in [0.1, 0.15) is 45.4 Å². The molecule has 0 spiro atoms. The van der Waals surface area contributed by atoms with Gasteiger partial charge in [-0.15, -0.1) is 0 Å². The number of ether oxygens (including phenoxy) is 1. The van der Waals surface area contributed by atoms with Crippen molar-refractivity contribution in [3.05, 3.63) is 217 Å². The van der Waals surface area contributed by atoms with Crippen molar-refractivity contribution in [3.8, 4) is 44.9 Å². The molecule has 0 fully saturated rings. The molecule has 0 aliphatic carbocycles. The van der Waals surface area contributed by atoms with Crippen molar-refractivity contribution in [1.82, 2.24) is 0 Å². The maximum atomic E-state index is 13.7. The Hall–Kier alpha value is -9.26. The van der Waals surface area contributed by atoms with Crippen LogP contribution in [-0.4, -0.2) is 82.2 Å². The Kier molecular flexibility index (Phi) is 18.9. The van der Waals surface area contributed by atoms with Gasteiger partial charge in [-0.05, 0) is 103 Å². The van der Waals surface area contributed by atoms with Crippen LogP contribution in [0.5, 0.6) is 0 Å². The molecule has 0 bridgehead atoms. The summed E-state index contributed by atoms with van der Waals surface area (Å²) in [6, 6.07) is 56.7. The fourth-order valence-corrected chi connectivity index (χ4v) is 9.18. The van der Waals surface area contributed by atoms with Crippen molar-refractivity contribution in [3.63, 3.8) is 0 Å². The molecular formula is C64H55F2LiN4O9. The van der Waals surface area contributed by atoms with Crippen LogP contribution in [0, 0.1) is 11.6 Å². The minimum absolute atomic E-state index is 0. The number of rotatable bonds is 15. The van der Waals surface area contributed by atoms with Crippen molar-refractivity contribution in [2.24, 2.45) is 0 Å². The molecule has 0 aliphatic heterocycles. The zero-order valence-electron chi connectivity index (χ0n) is 44.9. The van der Waals surface area contributed by atoms with E-state index >= 15 is 0 Å². The number of carbonyl (C=O) groups is 4. The van der Waals surface area contributed by atoms with E-state index in [9.17, 15) is 33.1 Å². The zero-order chi connectivity index (χ0) is 55.0. The van der Waals surface area contributed by atoms with Crippen molar-refractivity contribution < 1.29 is 71.0 Å². The number of fused-ring (bicyclic) bond motifs is 2. The van der Waals surface area contributed by atoms with E-state index in [1.807, 2.05) is 151 Å². The normalized spacial score (nSPS) is 10.6. The molecule has 0 radical (unpaired) electrons. The number of nitrogens with zero attached hydrogens (tertiary/aromatic N) is 4. The molecule has 16 heteroatoms. The number of para-hydroxylation sites is 2. The summed E-state index contributed by atoms with van der Waals surface area (Å²) < 4.78 is 44.9. The van der Waals surface area contributed by atoms with Crippen molar-refractivity contribution in [1.29, 1.82) is 0 Å². The van der Waals surface area contributed by atoms with Crippen LogP contribution in [0.3, 0.4) is 0 Å². The van der Waals surface area contributed by atoms with Crippen LogP contribution in [-0.2, 0) is 14.3 Å². The van der Waals surface area contributed by atoms with Gasteiger partial charge in [0.15, 0.2) is 0 Å². The van der Waals surface area contributed by atoms with Gasteiger partial charge in [0, 0.05) is 84.7 Å². The third-order valence-corrected chi connectivity index (χ3v) is 13.3. The summed E-state index contributed by atoms with van der Waals surface area (Å²) in [6.45, 7) is 2.20. The van der Waals surface area contributed by atoms with E-state index < -0.39 is 23.6 Å². The molecule has 0 atom stereocenters. The average molecular weight is 1070 g/mol. The molecule has 13 nitrogen and oxygen atoms in total. The van der Waals surface area contributed by atoms with Gasteiger partial charge in [0.05, 0.1) is 31.1 Å². The molecule has 0 unspecified atom stereocenters. The topological polar surface area (TPSA) is 167 Å². The minimum atomic E-state index is -1.16. The number of halogens is 2. The number of carboxylic acids is 1. The van der Waals surface area contributed by atoms with Crippen LogP contribution in [0.15, 0.2) is 203 Å². The third kappa shape index (κ3) is 12.7. The Labute approximate surface area is 473 Å². The monoisotopic (exact) mass is 1070 g/mol. The van der Waals surface area contributed by atoms with Gasteiger partial charge >= 0.3 is 30.8 Å². The van der Waals surface area contributed by atoms with Gasteiger partial charge in [-0.2, -0.15) is 0 Å². The van der Waals surface area contributed by atoms with Gasteiger partial charge in [0.25, 0.3) is 0 Å². The Morgan fingerprint density at radius 3 is 1.20 bits per heavy atom. The molecule has 10 aromatic rings. The Morgan fingerprint density at radius 1 is 0.487 bits per heavy atom. The Balaban J connectivity index is 0.000000226. The number of carbonyl (C=O) groups excluding carboxylic acids is 3. The zero-order valence-corrected chi connectivity index (χ0v) is 44.9. The molecule has 10 rings (SSSR count). The van der Waals surface area contributed by atoms with E-state index in [0.717, 1.165) is 28.1 Å². The molecule has 2 amide bonds. The van der Waals surface area contributed by atoms with Crippen molar-refractivity contribution >= 4 is 68.4 Å². The summed E-state index contributed by atoms with van der Waals surface area (Å²) in [5, 5.41) is 11.0. The second kappa shape index (κ2) is 25.9. The number of amides is 2.